The van der Waals surface area contributed by atoms with E-state index in [1.165, 1.54) is 0 Å². The molecule has 0 bridgehead atoms. The van der Waals surface area contributed by atoms with Gasteiger partial charge in [-0.3, -0.25) is 4.79 Å². The molecule has 0 unspecified atom stereocenters. The first kappa shape index (κ1) is 43.7. The Balaban J connectivity index is 1.28. The van der Waals surface area contributed by atoms with Crippen molar-refractivity contribution in [1.29, 1.82) is 0 Å². The van der Waals surface area contributed by atoms with E-state index in [1.807, 2.05) is 12.1 Å². The monoisotopic (exact) mass is 739 g/mol. The van der Waals surface area contributed by atoms with Crippen molar-refractivity contribution in [1.82, 2.24) is 0 Å². The number of nitrogens with one attached hydrogen (secondary N) is 1. The summed E-state index contributed by atoms with van der Waals surface area (Å²) < 4.78 is 113. The zero-order chi connectivity index (χ0) is 37.1. The van der Waals surface area contributed by atoms with E-state index < -0.39 is 53.2 Å². The summed E-state index contributed by atoms with van der Waals surface area (Å²) in [6.07, 6.45) is 1.70. The van der Waals surface area contributed by atoms with Gasteiger partial charge in [0.15, 0.2) is 0 Å². The fraction of sp³-hybridized carbons (Fsp3) is 0.588. The molecule has 2 rings (SSSR count). The van der Waals surface area contributed by atoms with E-state index >= 15 is 0 Å². The second-order valence-corrected chi connectivity index (χ2v) is 10.4. The molecular weight excluding hydrogens is 693 g/mol. The molecule has 0 radical (unpaired) electrons. The molecule has 1 N–H and O–H groups in total. The molecule has 0 fully saturated rings. The highest BCUT2D eigenvalue weighted by Gasteiger charge is 2.28. The number of halogens is 5. The van der Waals surface area contributed by atoms with Crippen LogP contribution in [0.15, 0.2) is 24.3 Å². The van der Waals surface area contributed by atoms with Crippen molar-refractivity contribution in [2.24, 2.45) is 0 Å². The Labute approximate surface area is 293 Å². The second-order valence-electron chi connectivity index (χ2n) is 10.4. The van der Waals surface area contributed by atoms with Crippen LogP contribution in [0.5, 0.6) is 5.75 Å². The number of rotatable bonds is 30. The normalized spacial score (nSPS) is 11.2. The summed E-state index contributed by atoms with van der Waals surface area (Å²) in [7, 11) is 0. The zero-order valence-electron chi connectivity index (χ0n) is 28.6. The third-order valence-electron chi connectivity index (χ3n) is 6.51. The average molecular weight is 740 g/mol. The number of unbranched alkanes of at least 4 members (excludes halogenated alkanes) is 1. The van der Waals surface area contributed by atoms with Crippen molar-refractivity contribution in [3.8, 4) is 5.75 Å². The maximum atomic E-state index is 13.5. The van der Waals surface area contributed by atoms with Crippen LogP contribution >= 0.6 is 0 Å². The molecule has 2 aromatic rings. The van der Waals surface area contributed by atoms with Crippen LogP contribution in [0, 0.1) is 29.1 Å². The second kappa shape index (κ2) is 27.2. The summed E-state index contributed by atoms with van der Waals surface area (Å²) in [5.74, 6) is -14.6. The maximum Gasteiger partial charge on any atom is 0.338 e. The molecule has 0 heterocycles. The fourth-order valence-electron chi connectivity index (χ4n) is 3.83. The van der Waals surface area contributed by atoms with Crippen molar-refractivity contribution in [3.05, 3.63) is 58.9 Å². The largest absolute Gasteiger partial charge is 0.460 e. The number of ether oxygens (including phenoxy) is 9. The molecule has 0 spiro atoms. The number of esters is 2. The molecule has 17 heteroatoms. The zero-order valence-corrected chi connectivity index (χ0v) is 28.6. The van der Waals surface area contributed by atoms with Crippen LogP contribution in [0.1, 0.15) is 36.5 Å². The van der Waals surface area contributed by atoms with Crippen LogP contribution in [0.3, 0.4) is 0 Å². The van der Waals surface area contributed by atoms with Gasteiger partial charge in [-0.05, 0) is 30.7 Å². The van der Waals surface area contributed by atoms with Crippen molar-refractivity contribution in [3.63, 3.8) is 0 Å². The van der Waals surface area contributed by atoms with Crippen LogP contribution in [0.2, 0.25) is 0 Å². The Morgan fingerprint density at radius 3 is 1.37 bits per heavy atom. The van der Waals surface area contributed by atoms with Crippen LogP contribution in [-0.2, 0) is 42.7 Å². The summed E-state index contributed by atoms with van der Waals surface area (Å²) in [6, 6.07) is 7.17. The van der Waals surface area contributed by atoms with E-state index in [0.717, 1.165) is 25.1 Å². The Bertz CT molecular complexity index is 1250. The van der Waals surface area contributed by atoms with Gasteiger partial charge in [-0.25, -0.2) is 18.0 Å². The smallest absolute Gasteiger partial charge is 0.338 e. The Kier molecular flexibility index (Phi) is 23.3. The Morgan fingerprint density at radius 2 is 0.941 bits per heavy atom. The number of hydrogen-bond donors (Lipinski definition) is 1. The molecule has 0 saturated heterocycles. The molecule has 12 nitrogen and oxygen atoms in total. The number of anilines is 1. The molecular formula is C34H46F5NO11. The first-order valence-corrected chi connectivity index (χ1v) is 16.5. The number of hydrogen-bond acceptors (Lipinski definition) is 12. The predicted molar refractivity (Wildman–Crippen MR) is 172 cm³/mol. The minimum Gasteiger partial charge on any atom is -0.460 e. The Morgan fingerprint density at radius 1 is 0.549 bits per heavy atom. The van der Waals surface area contributed by atoms with Gasteiger partial charge in [-0.2, -0.15) is 8.78 Å². The Hall–Kier alpha value is -3.45. The highest BCUT2D eigenvalue weighted by Crippen LogP contribution is 2.29. The molecule has 0 aliphatic carbocycles. The summed E-state index contributed by atoms with van der Waals surface area (Å²) in [5.41, 5.74) is 1.45. The fourth-order valence-corrected chi connectivity index (χ4v) is 3.83. The minimum atomic E-state index is -2.35. The van der Waals surface area contributed by atoms with Gasteiger partial charge < -0.3 is 47.9 Å². The van der Waals surface area contributed by atoms with Gasteiger partial charge >= 0.3 is 11.9 Å². The van der Waals surface area contributed by atoms with Gasteiger partial charge in [0, 0.05) is 12.2 Å². The van der Waals surface area contributed by atoms with Gasteiger partial charge in [0.1, 0.15) is 6.61 Å². The van der Waals surface area contributed by atoms with E-state index in [0.29, 0.717) is 65.0 Å². The van der Waals surface area contributed by atoms with E-state index in [1.54, 1.807) is 12.1 Å². The standard InChI is InChI=1S/C34H46F5NO11/c1-2-3-9-40-26-6-4-25(5-7-26)34(42)50-24-23-49-22-21-48-20-19-47-18-17-46-16-15-45-14-13-44-12-11-43-10-8-27(41)51-33-31(38)29(36)28(35)30(37)32(33)39/h4-7,40H,2-3,8-24H2,1H3. The molecule has 0 saturated carbocycles. The first-order valence-electron chi connectivity index (χ1n) is 16.5. The lowest BCUT2D eigenvalue weighted by atomic mass is 10.2. The van der Waals surface area contributed by atoms with E-state index in [4.69, 9.17) is 37.9 Å². The number of benzene rings is 2. The summed E-state index contributed by atoms with van der Waals surface area (Å²) in [5, 5.41) is 3.29. The summed E-state index contributed by atoms with van der Waals surface area (Å²) >= 11 is 0. The summed E-state index contributed by atoms with van der Waals surface area (Å²) in [6.45, 7) is 7.01. The molecule has 2 aromatic carbocycles. The predicted octanol–water partition coefficient (Wildman–Crippen LogP) is 4.86. The quantitative estimate of drug-likeness (QED) is 0.0294. The van der Waals surface area contributed by atoms with Gasteiger partial charge in [0.2, 0.25) is 34.8 Å². The SMILES string of the molecule is CCCCNc1ccc(C(=O)OCCOCCOCCOCCOCCOCCOCCOCCC(=O)Oc2c(F)c(F)c(F)c(F)c2F)cc1. The number of carbonyl (C=O) groups is 2. The van der Waals surface area contributed by atoms with E-state index in [-0.39, 0.29) is 39.6 Å². The molecule has 0 atom stereocenters. The molecule has 0 amide bonds. The van der Waals surface area contributed by atoms with Gasteiger partial charge in [-0.15, -0.1) is 0 Å². The lowest BCUT2D eigenvalue weighted by Crippen LogP contribution is -2.16. The third-order valence-corrected chi connectivity index (χ3v) is 6.51. The van der Waals surface area contributed by atoms with Crippen molar-refractivity contribution >= 4 is 17.6 Å². The minimum absolute atomic E-state index is 0.0739. The lowest BCUT2D eigenvalue weighted by molar-refractivity contribution is -0.136. The topological polar surface area (TPSA) is 129 Å². The van der Waals surface area contributed by atoms with Crippen LogP contribution in [0.4, 0.5) is 27.6 Å². The molecule has 0 aliphatic rings. The van der Waals surface area contributed by atoms with Crippen molar-refractivity contribution in [2.75, 3.05) is 111 Å². The van der Waals surface area contributed by atoms with Gasteiger partial charge in [0.05, 0.1) is 104 Å². The number of carbonyl (C=O) groups excluding carboxylic acids is 2. The molecule has 51 heavy (non-hydrogen) atoms. The van der Waals surface area contributed by atoms with E-state index in [9.17, 15) is 31.5 Å². The van der Waals surface area contributed by atoms with Gasteiger partial charge in [-0.1, -0.05) is 13.3 Å². The van der Waals surface area contributed by atoms with Crippen molar-refractivity contribution < 1.29 is 74.2 Å². The van der Waals surface area contributed by atoms with Crippen molar-refractivity contribution in [2.45, 2.75) is 26.2 Å². The highest BCUT2D eigenvalue weighted by molar-refractivity contribution is 5.89. The molecule has 288 valence electrons. The third kappa shape index (κ3) is 18.6. The highest BCUT2D eigenvalue weighted by atomic mass is 19.2. The molecule has 0 aromatic heterocycles. The van der Waals surface area contributed by atoms with Crippen LogP contribution < -0.4 is 10.1 Å². The van der Waals surface area contributed by atoms with Crippen LogP contribution in [-0.4, -0.2) is 118 Å². The molecule has 0 aliphatic heterocycles. The van der Waals surface area contributed by atoms with E-state index in [2.05, 4.69) is 17.0 Å². The lowest BCUT2D eigenvalue weighted by Gasteiger charge is -2.09. The average Bonchev–Trinajstić information content (AvgIpc) is 3.13. The maximum absolute atomic E-state index is 13.5. The van der Waals surface area contributed by atoms with Crippen LogP contribution in [0.25, 0.3) is 0 Å². The van der Waals surface area contributed by atoms with Gasteiger partial charge in [0.25, 0.3) is 0 Å². The summed E-state index contributed by atoms with van der Waals surface area (Å²) in [4.78, 5) is 23.8. The first-order chi connectivity index (χ1) is 24.8.